The number of carbonyl (C=O) groups excluding carboxylic acids is 1. The van der Waals surface area contributed by atoms with Crippen LogP contribution in [0.1, 0.15) is 58.3 Å². The Balaban J connectivity index is 1.80. The first kappa shape index (κ1) is 14.8. The molecule has 1 unspecified atom stereocenters. The number of likely N-dealkylation sites (tertiary alicyclic amines) is 1. The Bertz CT molecular complexity index is 284. The molecule has 0 radical (unpaired) electrons. The van der Waals surface area contributed by atoms with Crippen LogP contribution in [-0.4, -0.2) is 48.4 Å². The zero-order valence-corrected chi connectivity index (χ0v) is 12.7. The van der Waals surface area contributed by atoms with E-state index in [-0.39, 0.29) is 0 Å². The molecular formula is C16H30N2O. The quantitative estimate of drug-likeness (QED) is 0.733. The number of rotatable bonds is 3. The van der Waals surface area contributed by atoms with Gasteiger partial charge in [-0.3, -0.25) is 9.69 Å². The molecule has 1 aliphatic carbocycles. The summed E-state index contributed by atoms with van der Waals surface area (Å²) in [7, 11) is 2.14. The van der Waals surface area contributed by atoms with Crippen LogP contribution in [0.5, 0.6) is 0 Å². The Hall–Kier alpha value is -0.570. The maximum absolute atomic E-state index is 12.4. The second kappa shape index (κ2) is 7.28. The summed E-state index contributed by atoms with van der Waals surface area (Å²) in [5.41, 5.74) is 0. The molecule has 1 saturated carbocycles. The highest BCUT2D eigenvalue weighted by Crippen LogP contribution is 2.21. The molecule has 0 aromatic rings. The van der Waals surface area contributed by atoms with Gasteiger partial charge in [0.2, 0.25) is 5.91 Å². The van der Waals surface area contributed by atoms with E-state index >= 15 is 0 Å². The van der Waals surface area contributed by atoms with Gasteiger partial charge in [-0.2, -0.15) is 0 Å². The molecule has 110 valence electrons. The summed E-state index contributed by atoms with van der Waals surface area (Å²) in [6.45, 7) is 4.82. The van der Waals surface area contributed by atoms with Crippen molar-refractivity contribution in [3.63, 3.8) is 0 Å². The van der Waals surface area contributed by atoms with E-state index < -0.39 is 0 Å². The Morgan fingerprint density at radius 3 is 2.42 bits per heavy atom. The normalized spacial score (nSPS) is 26.5. The zero-order valence-electron chi connectivity index (χ0n) is 12.7. The minimum atomic E-state index is 0.346. The van der Waals surface area contributed by atoms with Crippen molar-refractivity contribution in [3.8, 4) is 0 Å². The average molecular weight is 266 g/mol. The average Bonchev–Trinajstić information content (AvgIpc) is 2.67. The number of nitrogens with zero attached hydrogens (tertiary/aromatic N) is 2. The van der Waals surface area contributed by atoms with E-state index in [9.17, 15) is 4.79 Å². The van der Waals surface area contributed by atoms with Crippen LogP contribution >= 0.6 is 0 Å². The van der Waals surface area contributed by atoms with Crippen molar-refractivity contribution < 1.29 is 4.79 Å². The van der Waals surface area contributed by atoms with Gasteiger partial charge >= 0.3 is 0 Å². The summed E-state index contributed by atoms with van der Waals surface area (Å²) in [6.07, 6.45) is 10.4. The molecule has 0 aromatic heterocycles. The van der Waals surface area contributed by atoms with Crippen LogP contribution in [0.3, 0.4) is 0 Å². The molecule has 3 nitrogen and oxygen atoms in total. The first-order chi connectivity index (χ1) is 9.16. The minimum absolute atomic E-state index is 0.346. The Kier molecular flexibility index (Phi) is 5.68. The van der Waals surface area contributed by atoms with Crippen LogP contribution < -0.4 is 0 Å². The van der Waals surface area contributed by atoms with E-state index in [4.69, 9.17) is 0 Å². The Morgan fingerprint density at radius 2 is 1.79 bits per heavy atom. The monoisotopic (exact) mass is 266 g/mol. The first-order valence-electron chi connectivity index (χ1n) is 8.15. The fourth-order valence-corrected chi connectivity index (χ4v) is 3.56. The number of piperidine rings is 1. The van der Waals surface area contributed by atoms with Crippen molar-refractivity contribution in [2.24, 2.45) is 5.92 Å². The Labute approximate surface area is 118 Å². The van der Waals surface area contributed by atoms with Crippen LogP contribution in [0, 0.1) is 5.92 Å². The van der Waals surface area contributed by atoms with Gasteiger partial charge in [-0.05, 0) is 38.6 Å². The number of hydrogen-bond acceptors (Lipinski definition) is 2. The number of carbonyl (C=O) groups is 1. The van der Waals surface area contributed by atoms with Gasteiger partial charge in [-0.15, -0.1) is 0 Å². The molecular weight excluding hydrogens is 236 g/mol. The number of hydrogen-bond donors (Lipinski definition) is 0. The largest absolute Gasteiger partial charge is 0.341 e. The van der Waals surface area contributed by atoms with Gasteiger partial charge in [-0.1, -0.05) is 32.6 Å². The molecule has 1 saturated heterocycles. The lowest BCUT2D eigenvalue weighted by atomic mass is 10.0. The van der Waals surface area contributed by atoms with Gasteiger partial charge in [-0.25, -0.2) is 0 Å². The lowest BCUT2D eigenvalue weighted by Crippen LogP contribution is -2.46. The second-order valence-corrected chi connectivity index (χ2v) is 6.65. The molecule has 2 aliphatic rings. The zero-order chi connectivity index (χ0) is 13.7. The topological polar surface area (TPSA) is 23.6 Å². The predicted octanol–water partition coefficient (Wildman–Crippen LogP) is 2.90. The van der Waals surface area contributed by atoms with Crippen molar-refractivity contribution in [2.45, 2.75) is 64.3 Å². The molecule has 1 heterocycles. The van der Waals surface area contributed by atoms with Crippen molar-refractivity contribution in [1.82, 2.24) is 9.80 Å². The number of likely N-dealkylation sites (N-methyl/N-ethyl adjacent to an activating group) is 1. The van der Waals surface area contributed by atoms with E-state index in [1.807, 2.05) is 0 Å². The summed E-state index contributed by atoms with van der Waals surface area (Å²) in [6, 6.07) is 0.633. The Morgan fingerprint density at radius 1 is 1.11 bits per heavy atom. The molecule has 1 aliphatic heterocycles. The lowest BCUT2D eigenvalue weighted by molar-refractivity contribution is -0.134. The van der Waals surface area contributed by atoms with Gasteiger partial charge < -0.3 is 4.90 Å². The summed E-state index contributed by atoms with van der Waals surface area (Å²) in [4.78, 5) is 16.8. The smallest absolute Gasteiger partial charge is 0.236 e. The highest BCUT2D eigenvalue weighted by atomic mass is 16.2. The maximum atomic E-state index is 12.4. The molecule has 1 amide bonds. The molecule has 3 heteroatoms. The first-order valence-corrected chi connectivity index (χ1v) is 8.15. The molecule has 2 rings (SSSR count). The van der Waals surface area contributed by atoms with Gasteiger partial charge in [0.15, 0.2) is 0 Å². The van der Waals surface area contributed by atoms with Gasteiger partial charge in [0.1, 0.15) is 0 Å². The van der Waals surface area contributed by atoms with Crippen LogP contribution in [0.15, 0.2) is 0 Å². The van der Waals surface area contributed by atoms with E-state index in [1.165, 1.54) is 51.4 Å². The van der Waals surface area contributed by atoms with E-state index in [0.29, 0.717) is 24.4 Å². The third-order valence-corrected chi connectivity index (χ3v) is 4.84. The molecule has 2 fully saturated rings. The predicted molar refractivity (Wildman–Crippen MR) is 79.1 cm³/mol. The molecule has 0 aromatic carbocycles. The minimum Gasteiger partial charge on any atom is -0.341 e. The molecule has 1 atom stereocenters. The maximum Gasteiger partial charge on any atom is 0.236 e. The van der Waals surface area contributed by atoms with Crippen molar-refractivity contribution in [2.75, 3.05) is 26.7 Å². The summed E-state index contributed by atoms with van der Waals surface area (Å²) >= 11 is 0. The van der Waals surface area contributed by atoms with E-state index in [0.717, 1.165) is 13.1 Å². The van der Waals surface area contributed by atoms with Crippen molar-refractivity contribution >= 4 is 5.91 Å². The lowest BCUT2D eigenvalue weighted by Gasteiger charge is -2.34. The van der Waals surface area contributed by atoms with Crippen LogP contribution in [0.2, 0.25) is 0 Å². The van der Waals surface area contributed by atoms with Gasteiger partial charge in [0.05, 0.1) is 6.54 Å². The standard InChI is InChI=1S/C16H30N2O/c1-14-8-7-11-18(12-14)16(19)13-17(2)15-9-5-3-4-6-10-15/h14-15H,3-13H2,1-2H3. The van der Waals surface area contributed by atoms with Crippen molar-refractivity contribution in [1.29, 1.82) is 0 Å². The van der Waals surface area contributed by atoms with Crippen molar-refractivity contribution in [3.05, 3.63) is 0 Å². The van der Waals surface area contributed by atoms with Gasteiger partial charge in [0, 0.05) is 19.1 Å². The highest BCUT2D eigenvalue weighted by Gasteiger charge is 2.24. The van der Waals surface area contributed by atoms with Crippen LogP contribution in [-0.2, 0) is 4.79 Å². The third-order valence-electron chi connectivity index (χ3n) is 4.84. The molecule has 19 heavy (non-hydrogen) atoms. The SMILES string of the molecule is CC1CCCN(C(=O)CN(C)C2CCCCCC2)C1. The van der Waals surface area contributed by atoms with Crippen LogP contribution in [0.25, 0.3) is 0 Å². The molecule has 0 bridgehead atoms. The van der Waals surface area contributed by atoms with Crippen LogP contribution in [0.4, 0.5) is 0 Å². The highest BCUT2D eigenvalue weighted by molar-refractivity contribution is 5.78. The summed E-state index contributed by atoms with van der Waals surface area (Å²) < 4.78 is 0. The summed E-state index contributed by atoms with van der Waals surface area (Å²) in [5, 5.41) is 0. The molecule has 0 spiro atoms. The van der Waals surface area contributed by atoms with Gasteiger partial charge in [0.25, 0.3) is 0 Å². The van der Waals surface area contributed by atoms with E-state index in [2.05, 4.69) is 23.8 Å². The third kappa shape index (κ3) is 4.48. The fraction of sp³-hybridized carbons (Fsp3) is 0.938. The number of amides is 1. The molecule has 0 N–H and O–H groups in total. The fourth-order valence-electron chi connectivity index (χ4n) is 3.56. The summed E-state index contributed by atoms with van der Waals surface area (Å²) in [5.74, 6) is 1.03. The second-order valence-electron chi connectivity index (χ2n) is 6.65. The van der Waals surface area contributed by atoms with E-state index in [1.54, 1.807) is 0 Å².